The van der Waals surface area contributed by atoms with Gasteiger partial charge in [0.2, 0.25) is 0 Å². The predicted octanol–water partition coefficient (Wildman–Crippen LogP) is 4.16. The summed E-state index contributed by atoms with van der Waals surface area (Å²) in [4.78, 5) is 30.0. The summed E-state index contributed by atoms with van der Waals surface area (Å²) >= 11 is 6.27. The van der Waals surface area contributed by atoms with Gasteiger partial charge in [-0.15, -0.1) is 0 Å². The molecule has 1 aromatic heterocycles. The molecule has 0 aliphatic carbocycles. The summed E-state index contributed by atoms with van der Waals surface area (Å²) in [6, 6.07) is 10.2. The van der Waals surface area contributed by atoms with E-state index in [-0.39, 0.29) is 16.9 Å². The molecule has 0 saturated carbocycles. The molecule has 0 unspecified atom stereocenters. The van der Waals surface area contributed by atoms with Crippen molar-refractivity contribution in [3.8, 4) is 0 Å². The average molecular weight is 443 g/mol. The summed E-state index contributed by atoms with van der Waals surface area (Å²) in [6.45, 7) is 2.26. The van der Waals surface area contributed by atoms with Crippen LogP contribution < -0.4 is 10.2 Å². The maximum absolute atomic E-state index is 12.4. The first kappa shape index (κ1) is 20.8. The maximum Gasteiger partial charge on any atom is 0.345 e. The Morgan fingerprint density at radius 3 is 2.77 bits per heavy atom. The number of anilines is 3. The second kappa shape index (κ2) is 8.75. The first-order valence-corrected chi connectivity index (χ1v) is 9.90. The number of nitro benzene ring substituents is 1. The van der Waals surface area contributed by atoms with E-state index in [4.69, 9.17) is 21.1 Å². The van der Waals surface area contributed by atoms with Crippen LogP contribution in [0.2, 0.25) is 5.02 Å². The Kier molecular flexibility index (Phi) is 5.88. The van der Waals surface area contributed by atoms with Crippen molar-refractivity contribution < 1.29 is 19.2 Å². The molecule has 1 fully saturated rings. The highest BCUT2D eigenvalue weighted by molar-refractivity contribution is 6.35. The van der Waals surface area contributed by atoms with Gasteiger partial charge in [0.15, 0.2) is 0 Å². The third kappa shape index (κ3) is 4.23. The SMILES string of the molecule is COC(=O)c1cc(N2CCOCC2)cc(Nc2cnc3cccc(Cl)c3c2)c1[N+](=O)[O-]. The summed E-state index contributed by atoms with van der Waals surface area (Å²) in [7, 11) is 1.19. The lowest BCUT2D eigenvalue weighted by Crippen LogP contribution is -2.36. The number of hydrogen-bond acceptors (Lipinski definition) is 8. The largest absolute Gasteiger partial charge is 0.465 e. The van der Waals surface area contributed by atoms with Gasteiger partial charge in [-0.2, -0.15) is 0 Å². The van der Waals surface area contributed by atoms with Gasteiger partial charge < -0.3 is 19.7 Å². The lowest BCUT2D eigenvalue weighted by molar-refractivity contribution is -0.384. The van der Waals surface area contributed by atoms with E-state index < -0.39 is 10.9 Å². The molecule has 1 saturated heterocycles. The molecule has 0 spiro atoms. The number of benzene rings is 2. The van der Waals surface area contributed by atoms with Gasteiger partial charge in [-0.05, 0) is 30.3 Å². The summed E-state index contributed by atoms with van der Waals surface area (Å²) in [6.07, 6.45) is 1.56. The Balaban J connectivity index is 1.83. The number of carbonyl (C=O) groups excluding carboxylic acids is 1. The van der Waals surface area contributed by atoms with Gasteiger partial charge in [0.05, 0.1) is 47.7 Å². The molecule has 31 heavy (non-hydrogen) atoms. The average Bonchev–Trinajstić information content (AvgIpc) is 2.79. The van der Waals surface area contributed by atoms with Crippen LogP contribution in [-0.4, -0.2) is 49.3 Å². The zero-order chi connectivity index (χ0) is 22.0. The molecule has 0 amide bonds. The zero-order valence-electron chi connectivity index (χ0n) is 16.6. The molecule has 3 aromatic rings. The van der Waals surface area contributed by atoms with E-state index in [0.717, 1.165) is 0 Å². The lowest BCUT2D eigenvalue weighted by atomic mass is 10.1. The van der Waals surface area contributed by atoms with Crippen LogP contribution in [0.3, 0.4) is 0 Å². The van der Waals surface area contributed by atoms with Crippen LogP contribution >= 0.6 is 11.6 Å². The van der Waals surface area contributed by atoms with Gasteiger partial charge in [0, 0.05) is 24.2 Å². The quantitative estimate of drug-likeness (QED) is 0.356. The number of ether oxygens (including phenoxy) is 2. The minimum atomic E-state index is -0.787. The van der Waals surface area contributed by atoms with Crippen LogP contribution in [0.25, 0.3) is 10.9 Å². The third-order valence-electron chi connectivity index (χ3n) is 5.01. The van der Waals surface area contributed by atoms with Crippen molar-refractivity contribution in [2.45, 2.75) is 0 Å². The van der Waals surface area contributed by atoms with E-state index in [0.29, 0.717) is 53.6 Å². The van der Waals surface area contributed by atoms with Crippen LogP contribution in [0.15, 0.2) is 42.6 Å². The molecular weight excluding hydrogens is 424 g/mol. The highest BCUT2D eigenvalue weighted by Crippen LogP contribution is 2.37. The Bertz CT molecular complexity index is 1160. The molecule has 9 nitrogen and oxygen atoms in total. The molecule has 0 radical (unpaired) electrons. The number of fused-ring (bicyclic) bond motifs is 1. The summed E-state index contributed by atoms with van der Waals surface area (Å²) in [5, 5.41) is 16.2. The molecule has 4 rings (SSSR count). The first-order chi connectivity index (χ1) is 15.0. The molecule has 0 atom stereocenters. The molecule has 0 bridgehead atoms. The van der Waals surface area contributed by atoms with E-state index in [2.05, 4.69) is 10.3 Å². The molecule has 160 valence electrons. The lowest BCUT2D eigenvalue weighted by Gasteiger charge is -2.29. The van der Waals surface area contributed by atoms with Gasteiger partial charge in [0.1, 0.15) is 11.3 Å². The number of halogens is 1. The standard InChI is InChI=1S/C21H19ClN4O5/c1-30-21(27)16-10-14(25-5-7-31-8-6-25)11-19(20(16)26(28)29)24-13-9-15-17(22)3-2-4-18(15)23-12-13/h2-4,9-12,24H,5-8H2,1H3. The molecule has 1 N–H and O–H groups in total. The van der Waals surface area contributed by atoms with E-state index in [1.165, 1.54) is 13.2 Å². The Hall–Kier alpha value is -3.43. The van der Waals surface area contributed by atoms with Crippen molar-refractivity contribution in [1.29, 1.82) is 0 Å². The van der Waals surface area contributed by atoms with Crippen molar-refractivity contribution in [2.24, 2.45) is 0 Å². The van der Waals surface area contributed by atoms with E-state index in [9.17, 15) is 14.9 Å². The highest BCUT2D eigenvalue weighted by atomic mass is 35.5. The van der Waals surface area contributed by atoms with Gasteiger partial charge in [-0.1, -0.05) is 17.7 Å². The van der Waals surface area contributed by atoms with Gasteiger partial charge in [-0.25, -0.2) is 4.79 Å². The van der Waals surface area contributed by atoms with Crippen molar-refractivity contribution in [3.05, 3.63) is 63.3 Å². The number of hydrogen-bond donors (Lipinski definition) is 1. The summed E-state index contributed by atoms with van der Waals surface area (Å²) < 4.78 is 10.2. The number of morpholine rings is 1. The molecule has 2 aromatic carbocycles. The second-order valence-electron chi connectivity index (χ2n) is 6.89. The van der Waals surface area contributed by atoms with E-state index in [1.54, 1.807) is 30.5 Å². The van der Waals surface area contributed by atoms with Crippen molar-refractivity contribution in [2.75, 3.05) is 43.6 Å². The molecule has 1 aliphatic rings. The number of rotatable bonds is 5. The van der Waals surface area contributed by atoms with Crippen molar-refractivity contribution in [1.82, 2.24) is 4.98 Å². The Morgan fingerprint density at radius 2 is 2.06 bits per heavy atom. The fraction of sp³-hybridized carbons (Fsp3) is 0.238. The van der Waals surface area contributed by atoms with Crippen LogP contribution in [0.4, 0.5) is 22.7 Å². The van der Waals surface area contributed by atoms with Crippen LogP contribution in [-0.2, 0) is 9.47 Å². The topological polar surface area (TPSA) is 107 Å². The van der Waals surface area contributed by atoms with Crippen molar-refractivity contribution in [3.63, 3.8) is 0 Å². The number of nitro groups is 1. The highest BCUT2D eigenvalue weighted by Gasteiger charge is 2.28. The summed E-state index contributed by atoms with van der Waals surface area (Å²) in [5.74, 6) is -0.787. The van der Waals surface area contributed by atoms with Crippen LogP contribution in [0.5, 0.6) is 0 Å². The van der Waals surface area contributed by atoms with Gasteiger partial charge in [-0.3, -0.25) is 15.1 Å². The smallest absolute Gasteiger partial charge is 0.345 e. The third-order valence-corrected chi connectivity index (χ3v) is 5.34. The number of esters is 1. The molecular formula is C21H19ClN4O5. The number of pyridine rings is 1. The fourth-order valence-corrected chi connectivity index (χ4v) is 3.74. The van der Waals surface area contributed by atoms with Crippen LogP contribution in [0.1, 0.15) is 10.4 Å². The minimum Gasteiger partial charge on any atom is -0.465 e. The summed E-state index contributed by atoms with van der Waals surface area (Å²) in [5.41, 5.74) is 1.50. The Morgan fingerprint density at radius 1 is 1.29 bits per heavy atom. The van der Waals surface area contributed by atoms with Crippen LogP contribution in [0, 0.1) is 10.1 Å². The van der Waals surface area contributed by atoms with Gasteiger partial charge in [0.25, 0.3) is 0 Å². The maximum atomic E-state index is 12.4. The number of nitrogens with zero attached hydrogens (tertiary/aromatic N) is 3. The number of carbonyl (C=O) groups is 1. The monoisotopic (exact) mass is 442 g/mol. The molecule has 1 aliphatic heterocycles. The molecule has 10 heteroatoms. The van der Waals surface area contributed by atoms with E-state index in [1.807, 2.05) is 11.0 Å². The second-order valence-corrected chi connectivity index (χ2v) is 7.30. The minimum absolute atomic E-state index is 0.134. The molecule has 2 heterocycles. The number of nitrogens with one attached hydrogen (secondary N) is 1. The normalized spacial score (nSPS) is 13.8. The van der Waals surface area contributed by atoms with E-state index >= 15 is 0 Å². The van der Waals surface area contributed by atoms with Gasteiger partial charge >= 0.3 is 11.7 Å². The fourth-order valence-electron chi connectivity index (χ4n) is 3.52. The number of aromatic nitrogens is 1. The predicted molar refractivity (Wildman–Crippen MR) is 118 cm³/mol. The van der Waals surface area contributed by atoms with Crippen molar-refractivity contribution >= 4 is 51.2 Å². The number of methoxy groups -OCH3 is 1. The zero-order valence-corrected chi connectivity index (χ0v) is 17.4. The Labute approximate surface area is 182 Å². The first-order valence-electron chi connectivity index (χ1n) is 9.52.